The minimum atomic E-state index is -0.943. The van der Waals surface area contributed by atoms with Crippen molar-refractivity contribution < 1.29 is 33.4 Å². The molecule has 0 rings (SSSR count). The van der Waals surface area contributed by atoms with Crippen LogP contribution in [0.2, 0.25) is 0 Å². The van der Waals surface area contributed by atoms with Crippen LogP contribution in [-0.2, 0) is 23.9 Å². The molecule has 0 N–H and O–H groups in total. The Morgan fingerprint density at radius 1 is 0.429 bits per heavy atom. The highest BCUT2D eigenvalue weighted by Crippen LogP contribution is 2.17. The zero-order valence-corrected chi connectivity index (χ0v) is 38.0. The lowest BCUT2D eigenvalue weighted by atomic mass is 10.0. The average molecular weight is 794 g/mol. The Labute approximate surface area is 348 Å². The van der Waals surface area contributed by atoms with E-state index in [0.29, 0.717) is 19.4 Å². The van der Waals surface area contributed by atoms with Gasteiger partial charge in [0.05, 0.1) is 20.6 Å². The van der Waals surface area contributed by atoms with Gasteiger partial charge in [0.2, 0.25) is 0 Å². The zero-order valence-electron chi connectivity index (χ0n) is 38.0. The molecular formula is C49H95NO6. The molecule has 0 radical (unpaired) electrons. The molecule has 0 aromatic heterocycles. The number of carbonyl (C=O) groups is 3. The van der Waals surface area contributed by atoms with Crippen LogP contribution in [0.5, 0.6) is 0 Å². The van der Waals surface area contributed by atoms with E-state index < -0.39 is 12.1 Å². The zero-order chi connectivity index (χ0) is 41.2. The van der Waals surface area contributed by atoms with Gasteiger partial charge in [-0.1, -0.05) is 206 Å². The summed E-state index contributed by atoms with van der Waals surface area (Å²) in [6, 6.07) is 0. The number of nitrogens with zero attached hydrogens (tertiary/aromatic N) is 1. The normalized spacial score (nSPS) is 12.2. The van der Waals surface area contributed by atoms with Gasteiger partial charge in [0.15, 0.2) is 6.10 Å². The van der Waals surface area contributed by atoms with Crippen LogP contribution >= 0.6 is 0 Å². The van der Waals surface area contributed by atoms with E-state index in [9.17, 15) is 19.5 Å². The Kier molecular flexibility index (Phi) is 40.3. The summed E-state index contributed by atoms with van der Waals surface area (Å²) in [5.74, 6) is -1.28. The van der Waals surface area contributed by atoms with Crippen molar-refractivity contribution in [3.05, 3.63) is 0 Å². The molecule has 7 nitrogen and oxygen atoms in total. The molecular weight excluding hydrogens is 699 g/mol. The summed E-state index contributed by atoms with van der Waals surface area (Å²) in [5.41, 5.74) is 0. The summed E-state index contributed by atoms with van der Waals surface area (Å²) in [6.45, 7) is 6.32. The van der Waals surface area contributed by atoms with Gasteiger partial charge >= 0.3 is 11.9 Å². The van der Waals surface area contributed by atoms with E-state index in [0.717, 1.165) is 62.4 Å². The second kappa shape index (κ2) is 41.5. The first-order valence-electron chi connectivity index (χ1n) is 24.6. The largest absolute Gasteiger partial charge is 0.550 e. The number of carboxylic acids is 1. The fraction of sp³-hybridized carbons (Fsp3) is 0.939. The van der Waals surface area contributed by atoms with Crippen molar-refractivity contribution in [2.24, 2.45) is 0 Å². The number of ether oxygens (including phenoxy) is 2. The van der Waals surface area contributed by atoms with Gasteiger partial charge in [-0.3, -0.25) is 9.59 Å². The summed E-state index contributed by atoms with van der Waals surface area (Å²) in [6.07, 6.45) is 43.7. The van der Waals surface area contributed by atoms with Crippen molar-refractivity contribution in [3.8, 4) is 0 Å². The van der Waals surface area contributed by atoms with Crippen LogP contribution in [0.25, 0.3) is 0 Å². The van der Waals surface area contributed by atoms with E-state index in [1.54, 1.807) is 0 Å². The van der Waals surface area contributed by atoms with Crippen molar-refractivity contribution in [1.82, 2.24) is 0 Å². The molecule has 0 saturated carbocycles. The molecule has 1 atom stereocenters. The van der Waals surface area contributed by atoms with Gasteiger partial charge in [0.1, 0.15) is 13.2 Å². The van der Waals surface area contributed by atoms with E-state index >= 15 is 0 Å². The number of hydrogen-bond acceptors (Lipinski definition) is 6. The molecule has 0 bridgehead atoms. The molecule has 0 aromatic rings. The van der Waals surface area contributed by atoms with E-state index in [-0.39, 0.29) is 25.0 Å². The van der Waals surface area contributed by atoms with Crippen LogP contribution in [-0.4, -0.2) is 62.3 Å². The van der Waals surface area contributed by atoms with Crippen molar-refractivity contribution in [1.29, 1.82) is 0 Å². The quantitative estimate of drug-likeness (QED) is 0.0346. The van der Waals surface area contributed by atoms with Crippen molar-refractivity contribution in [3.63, 3.8) is 0 Å². The minimum Gasteiger partial charge on any atom is -0.550 e. The van der Waals surface area contributed by atoms with Gasteiger partial charge in [-0.05, 0) is 38.5 Å². The van der Waals surface area contributed by atoms with Gasteiger partial charge in [-0.15, -0.1) is 0 Å². The maximum absolute atomic E-state index is 13.0. The molecule has 0 aromatic carbocycles. The Bertz CT molecular complexity index is 877. The molecule has 0 amide bonds. The second-order valence-electron chi connectivity index (χ2n) is 17.9. The van der Waals surface area contributed by atoms with Crippen LogP contribution in [0.3, 0.4) is 0 Å². The van der Waals surface area contributed by atoms with Gasteiger partial charge in [-0.25, -0.2) is 0 Å². The Morgan fingerprint density at radius 3 is 1.09 bits per heavy atom. The number of unbranched alkanes of at least 4 members (excludes halogenated alkanes) is 32. The summed E-state index contributed by atoms with van der Waals surface area (Å²) in [7, 11) is 4.38. The van der Waals surface area contributed by atoms with E-state index in [4.69, 9.17) is 9.47 Å². The molecule has 1 unspecified atom stereocenters. The fourth-order valence-corrected chi connectivity index (χ4v) is 7.89. The number of esters is 2. The van der Waals surface area contributed by atoms with Crippen LogP contribution in [0, 0.1) is 0 Å². The highest BCUT2D eigenvalue weighted by atomic mass is 16.6. The Morgan fingerprint density at radius 2 is 0.732 bits per heavy atom. The maximum Gasteiger partial charge on any atom is 0.306 e. The van der Waals surface area contributed by atoms with Gasteiger partial charge in [0.25, 0.3) is 0 Å². The van der Waals surface area contributed by atoms with Crippen LogP contribution in [0.1, 0.15) is 258 Å². The number of rotatable bonds is 45. The molecule has 0 heterocycles. The molecule has 0 saturated heterocycles. The van der Waals surface area contributed by atoms with Crippen LogP contribution in [0.15, 0.2) is 0 Å². The average Bonchev–Trinajstić information content (AvgIpc) is 3.16. The summed E-state index contributed by atoms with van der Waals surface area (Å²) < 4.78 is 12.5. The first-order chi connectivity index (χ1) is 27.2. The van der Waals surface area contributed by atoms with Crippen molar-refractivity contribution >= 4 is 17.9 Å². The third-order valence-corrected chi connectivity index (χ3v) is 11.5. The predicted octanol–water partition coefficient (Wildman–Crippen LogP) is 13.1. The number of carbonyl (C=O) groups excluding carboxylic acids is 3. The molecule has 0 aliphatic carbocycles. The van der Waals surface area contributed by atoms with Crippen molar-refractivity contribution in [2.45, 2.75) is 264 Å². The molecule has 0 aliphatic rings. The standard InChI is InChI=1S/C49H95NO6/c1-5-7-9-11-13-15-17-19-21-25-29-33-37-41-48(53)55-45-46(44-50(3,4)43-39-35-31-27-23-24-28-32-36-40-47(51)52)56-49(54)42-38-34-30-26-22-20-18-16-14-12-10-8-6-2/h46H,5-45H2,1-4H3. The molecule has 7 heteroatoms. The number of quaternary nitrogens is 1. The lowest BCUT2D eigenvalue weighted by Gasteiger charge is -2.33. The highest BCUT2D eigenvalue weighted by molar-refractivity contribution is 5.70. The predicted molar refractivity (Wildman–Crippen MR) is 234 cm³/mol. The van der Waals surface area contributed by atoms with E-state index in [2.05, 4.69) is 27.9 Å². The van der Waals surface area contributed by atoms with Crippen LogP contribution < -0.4 is 5.11 Å². The SMILES string of the molecule is CCCCCCCCCCCCCCCC(=O)OCC(C[N+](C)(C)CCCCCCCCCCCC(=O)[O-])OC(=O)CCCCCCCCCCCCCCC. The number of aliphatic carboxylic acids is 1. The summed E-state index contributed by atoms with van der Waals surface area (Å²) >= 11 is 0. The molecule has 56 heavy (non-hydrogen) atoms. The number of carboxylic acid groups (broad SMARTS) is 1. The third kappa shape index (κ3) is 42.0. The van der Waals surface area contributed by atoms with E-state index in [1.165, 1.54) is 173 Å². The monoisotopic (exact) mass is 794 g/mol. The smallest absolute Gasteiger partial charge is 0.306 e. The third-order valence-electron chi connectivity index (χ3n) is 11.5. The molecule has 0 aliphatic heterocycles. The van der Waals surface area contributed by atoms with Gasteiger partial charge in [-0.2, -0.15) is 0 Å². The van der Waals surface area contributed by atoms with Gasteiger partial charge in [0, 0.05) is 18.8 Å². The maximum atomic E-state index is 13.0. The molecule has 0 spiro atoms. The Hall–Kier alpha value is -1.63. The minimum absolute atomic E-state index is 0.145. The first-order valence-corrected chi connectivity index (χ1v) is 24.6. The van der Waals surface area contributed by atoms with Crippen molar-refractivity contribution in [2.75, 3.05) is 33.8 Å². The lowest BCUT2D eigenvalue weighted by molar-refractivity contribution is -0.893. The topological polar surface area (TPSA) is 92.7 Å². The molecule has 332 valence electrons. The van der Waals surface area contributed by atoms with Crippen LogP contribution in [0.4, 0.5) is 0 Å². The lowest BCUT2D eigenvalue weighted by Crippen LogP contribution is -2.48. The summed E-state index contributed by atoms with van der Waals surface area (Å²) in [5, 5.41) is 10.5. The number of hydrogen-bond donors (Lipinski definition) is 0. The Balaban J connectivity index is 4.46. The first kappa shape index (κ1) is 54.4. The summed E-state index contributed by atoms with van der Waals surface area (Å²) in [4.78, 5) is 36.2. The van der Waals surface area contributed by atoms with Gasteiger partial charge < -0.3 is 23.9 Å². The molecule has 0 fully saturated rings. The second-order valence-corrected chi connectivity index (χ2v) is 17.9. The number of likely N-dealkylation sites (N-methyl/N-ethyl adjacent to an activating group) is 1. The fourth-order valence-electron chi connectivity index (χ4n) is 7.89. The van der Waals surface area contributed by atoms with E-state index in [1.807, 2.05) is 0 Å². The highest BCUT2D eigenvalue weighted by Gasteiger charge is 2.26.